The molecule has 32 heteroatoms. The van der Waals surface area contributed by atoms with Crippen LogP contribution in [0, 0.1) is 0 Å². The number of hydrogen-bond acceptors (Lipinski definition) is 16. The van der Waals surface area contributed by atoms with Gasteiger partial charge >= 0.3 is 17.9 Å². The first kappa shape index (κ1) is 63.0. The normalized spacial score (nSPS) is 14.0. The highest BCUT2D eigenvalue weighted by Crippen LogP contribution is 2.10. The van der Waals surface area contributed by atoms with Gasteiger partial charge in [0.1, 0.15) is 48.3 Å². The second-order valence-electron chi connectivity index (χ2n) is 16.2. The third kappa shape index (κ3) is 26.1. The van der Waals surface area contributed by atoms with Gasteiger partial charge in [0.15, 0.2) is 5.96 Å². The number of aromatic amines is 1. The molecule has 31 nitrogen and oxygen atoms in total. The number of carboxylic acid groups (broad SMARTS) is 3. The molecular formula is C41H65N15O16S. The van der Waals surface area contributed by atoms with E-state index in [9.17, 15) is 67.4 Å². The molecule has 0 saturated heterocycles. The van der Waals surface area contributed by atoms with E-state index in [4.69, 9.17) is 33.1 Å². The maximum absolute atomic E-state index is 14.1. The summed E-state index contributed by atoms with van der Waals surface area (Å²) >= 11 is 1.24. The zero-order valence-corrected chi connectivity index (χ0v) is 41.0. The van der Waals surface area contributed by atoms with E-state index in [2.05, 4.69) is 57.5 Å². The summed E-state index contributed by atoms with van der Waals surface area (Å²) in [5.74, 6) is -14.2. The number of carbonyl (C=O) groups is 13. The number of H-pyrrole nitrogens is 1. The lowest BCUT2D eigenvalue weighted by Crippen LogP contribution is -2.60. The molecule has 0 unspecified atom stereocenters. The van der Waals surface area contributed by atoms with Gasteiger partial charge in [0.2, 0.25) is 59.1 Å². The summed E-state index contributed by atoms with van der Waals surface area (Å²) in [5.41, 5.74) is 21.8. The Labute approximate surface area is 421 Å². The van der Waals surface area contributed by atoms with E-state index in [1.165, 1.54) is 31.2 Å². The van der Waals surface area contributed by atoms with Gasteiger partial charge in [-0.1, -0.05) is 0 Å². The molecule has 0 aliphatic heterocycles. The average Bonchev–Trinajstić information content (AvgIpc) is 3.81. The van der Waals surface area contributed by atoms with Crippen LogP contribution in [-0.4, -0.2) is 175 Å². The number of guanidine groups is 1. The van der Waals surface area contributed by atoms with E-state index < -0.39 is 170 Å². The first-order valence-corrected chi connectivity index (χ1v) is 23.8. The van der Waals surface area contributed by atoms with E-state index in [0.29, 0.717) is 5.69 Å². The maximum Gasteiger partial charge on any atom is 0.305 e. The first-order valence-electron chi connectivity index (χ1n) is 22.4. The Balaban J connectivity index is 3.56. The van der Waals surface area contributed by atoms with E-state index in [1.807, 2.05) is 0 Å². The van der Waals surface area contributed by atoms with E-state index in [-0.39, 0.29) is 43.9 Å². The molecule has 1 heterocycles. The second kappa shape index (κ2) is 32.8. The number of primary amides is 2. The molecule has 0 fully saturated rings. The number of aliphatic imine (C=N–C) groups is 1. The molecule has 0 aliphatic rings. The molecule has 20 N–H and O–H groups in total. The molecule has 1 aromatic heterocycles. The summed E-state index contributed by atoms with van der Waals surface area (Å²) in [6.45, 7) is 2.18. The van der Waals surface area contributed by atoms with Crippen molar-refractivity contribution < 1.29 is 77.6 Å². The van der Waals surface area contributed by atoms with Gasteiger partial charge in [-0.3, -0.25) is 67.3 Å². The Bertz CT molecular complexity index is 2160. The summed E-state index contributed by atoms with van der Waals surface area (Å²) in [7, 11) is 0. The fraction of sp³-hybridized carbons (Fsp3) is 0.585. The number of nitrogens with zero attached hydrogens (tertiary/aromatic N) is 2. The molecule has 0 saturated carbocycles. The molecule has 1 rings (SSSR count). The number of rotatable bonds is 36. The number of carboxylic acids is 3. The van der Waals surface area contributed by atoms with E-state index in [1.54, 1.807) is 6.26 Å². The number of imidazole rings is 1. The van der Waals surface area contributed by atoms with Crippen molar-refractivity contribution in [2.24, 2.45) is 27.9 Å². The third-order valence-electron chi connectivity index (χ3n) is 10.2. The lowest BCUT2D eigenvalue weighted by atomic mass is 10.0. The summed E-state index contributed by atoms with van der Waals surface area (Å²) in [6.07, 6.45) is -0.363. The third-order valence-corrected chi connectivity index (χ3v) is 10.8. The quantitative estimate of drug-likeness (QED) is 0.0169. The van der Waals surface area contributed by atoms with Crippen LogP contribution in [0.4, 0.5) is 0 Å². The average molecular weight is 1060 g/mol. The zero-order chi connectivity index (χ0) is 55.4. The zero-order valence-electron chi connectivity index (χ0n) is 40.2. The van der Waals surface area contributed by atoms with Crippen LogP contribution in [0.25, 0.3) is 0 Å². The topological polar surface area (TPSA) is 524 Å². The van der Waals surface area contributed by atoms with Crippen LogP contribution in [0.3, 0.4) is 0 Å². The van der Waals surface area contributed by atoms with Crippen molar-refractivity contribution in [1.82, 2.24) is 52.5 Å². The van der Waals surface area contributed by atoms with Crippen molar-refractivity contribution in [3.63, 3.8) is 0 Å². The van der Waals surface area contributed by atoms with Crippen molar-refractivity contribution in [3.05, 3.63) is 18.2 Å². The summed E-state index contributed by atoms with van der Waals surface area (Å²) in [4.78, 5) is 176. The molecule has 0 bridgehead atoms. The molecule has 0 radical (unpaired) electrons. The number of amides is 10. The number of carbonyl (C=O) groups excluding carboxylic acids is 10. The minimum Gasteiger partial charge on any atom is -0.481 e. The number of nitrogens with one attached hydrogen (secondary N) is 9. The molecule has 8 atom stereocenters. The van der Waals surface area contributed by atoms with Gasteiger partial charge in [-0.2, -0.15) is 11.8 Å². The Morgan fingerprint density at radius 3 is 1.44 bits per heavy atom. The molecule has 0 aliphatic carbocycles. The first-order chi connectivity index (χ1) is 34.2. The fourth-order valence-electron chi connectivity index (χ4n) is 6.41. The van der Waals surface area contributed by atoms with Gasteiger partial charge in [-0.15, -0.1) is 0 Å². The molecule has 0 spiro atoms. The highest BCUT2D eigenvalue weighted by Gasteiger charge is 2.35. The van der Waals surface area contributed by atoms with Gasteiger partial charge in [0.05, 0.1) is 12.7 Å². The number of nitrogens with two attached hydrogens (primary N) is 4. The number of aliphatic carboxylic acids is 3. The monoisotopic (exact) mass is 1060 g/mol. The standard InChI is InChI=1S/C41H65N15O16S/c1-19(34(66)55-27(33(43)65)16-32(63)64)49-40(72)28(15-21-17-46-18-48-21)56-35(67)22(5-4-13-47-41(44)45)51-37(69)24(6-9-29(42)58)52-39(71)26(12-14-73-3)54-38(70)25(8-11-31(61)62)53-36(68)23(50-20(2)57)7-10-30(59)60/h17-19,22-28H,4-16H2,1-3H3,(H2,42,58)(H2,43,65)(H,46,48)(H,49,72)(H,50,57)(H,51,69)(H,52,71)(H,53,68)(H,54,70)(H,55,66)(H,56,67)(H,59,60)(H,61,62)(H,63,64)(H4,44,45,47)/t19-,22-,23-,24-,25-,26-,27-,28-/m0/s1. The Morgan fingerprint density at radius 1 is 0.589 bits per heavy atom. The molecule has 73 heavy (non-hydrogen) atoms. The van der Waals surface area contributed by atoms with Crippen LogP contribution in [0.5, 0.6) is 0 Å². The lowest BCUT2D eigenvalue weighted by Gasteiger charge is -2.28. The van der Waals surface area contributed by atoms with Gasteiger partial charge in [0.25, 0.3) is 0 Å². The highest BCUT2D eigenvalue weighted by atomic mass is 32.2. The molecular weight excluding hydrogens is 991 g/mol. The Morgan fingerprint density at radius 2 is 1.03 bits per heavy atom. The minimum absolute atomic E-state index is 0.0219. The van der Waals surface area contributed by atoms with Crippen molar-refractivity contribution in [3.8, 4) is 0 Å². The van der Waals surface area contributed by atoms with Crippen molar-refractivity contribution in [2.75, 3.05) is 18.6 Å². The fourth-order valence-corrected chi connectivity index (χ4v) is 6.88. The van der Waals surface area contributed by atoms with E-state index in [0.717, 1.165) is 6.92 Å². The summed E-state index contributed by atoms with van der Waals surface area (Å²) in [6, 6.07) is -12.4. The highest BCUT2D eigenvalue weighted by molar-refractivity contribution is 7.98. The molecule has 10 amide bonds. The summed E-state index contributed by atoms with van der Waals surface area (Å²) < 4.78 is 0. The van der Waals surface area contributed by atoms with Crippen molar-refractivity contribution in [2.45, 2.75) is 133 Å². The SMILES string of the molecule is CSCC[C@H](NC(=O)[C@H](CCC(=O)O)NC(=O)[C@H](CCC(=O)O)NC(C)=O)C(=O)N[C@@H](CCC(N)=O)C(=O)N[C@@H](CCCN=C(N)N)C(=O)N[C@@H](Cc1cnc[nH]1)C(=O)N[C@@H](C)C(=O)N[C@@H](CC(=O)O)C(N)=O. The van der Waals surface area contributed by atoms with Crippen molar-refractivity contribution >= 4 is 94.7 Å². The summed E-state index contributed by atoms with van der Waals surface area (Å²) in [5, 5.41) is 46.5. The minimum atomic E-state index is -1.66. The van der Waals surface area contributed by atoms with Crippen LogP contribution in [0.1, 0.15) is 83.7 Å². The van der Waals surface area contributed by atoms with E-state index >= 15 is 0 Å². The molecule has 0 aromatic carbocycles. The number of hydrogen-bond donors (Lipinski definition) is 16. The molecule has 406 valence electrons. The molecule has 1 aromatic rings. The van der Waals surface area contributed by atoms with Crippen LogP contribution >= 0.6 is 11.8 Å². The smallest absolute Gasteiger partial charge is 0.305 e. The maximum atomic E-state index is 14.1. The van der Waals surface area contributed by atoms with Crippen LogP contribution < -0.4 is 65.5 Å². The van der Waals surface area contributed by atoms with Gasteiger partial charge < -0.3 is 85.8 Å². The van der Waals surface area contributed by atoms with Crippen molar-refractivity contribution in [1.29, 1.82) is 0 Å². The predicted molar refractivity (Wildman–Crippen MR) is 256 cm³/mol. The predicted octanol–water partition coefficient (Wildman–Crippen LogP) is -6.37. The second-order valence-corrected chi connectivity index (χ2v) is 17.2. The Kier molecular flexibility index (Phi) is 28.2. The van der Waals surface area contributed by atoms with Crippen LogP contribution in [0.15, 0.2) is 17.5 Å². The number of thioether (sulfide) groups is 1. The van der Waals surface area contributed by atoms with Gasteiger partial charge in [0, 0.05) is 51.0 Å². The lowest BCUT2D eigenvalue weighted by molar-refractivity contribution is -0.140. The van der Waals surface area contributed by atoms with Gasteiger partial charge in [-0.25, -0.2) is 4.98 Å². The largest absolute Gasteiger partial charge is 0.481 e. The Hall–Kier alpha value is -8.06. The van der Waals surface area contributed by atoms with Gasteiger partial charge in [-0.05, 0) is 57.5 Å². The number of aromatic nitrogens is 2. The van der Waals surface area contributed by atoms with Crippen LogP contribution in [-0.2, 0) is 68.7 Å². The van der Waals surface area contributed by atoms with Crippen LogP contribution in [0.2, 0.25) is 0 Å².